The Kier molecular flexibility index (Phi) is 4.29. The fraction of sp³-hybridized carbons (Fsp3) is 0.130. The van der Waals surface area contributed by atoms with Crippen molar-refractivity contribution in [1.82, 2.24) is 0 Å². The van der Waals surface area contributed by atoms with Gasteiger partial charge in [0.15, 0.2) is 0 Å². The highest BCUT2D eigenvalue weighted by Gasteiger charge is 2.31. The molecule has 3 aromatic rings. The Bertz CT molecular complexity index is 948. The summed E-state index contributed by atoms with van der Waals surface area (Å²) < 4.78 is 6.37. The first kappa shape index (κ1) is 15.9. The van der Waals surface area contributed by atoms with Crippen LogP contribution in [0.25, 0.3) is 5.76 Å². The Morgan fingerprint density at radius 2 is 1.68 bits per heavy atom. The summed E-state index contributed by atoms with van der Waals surface area (Å²) >= 11 is 1.72. The molecule has 0 saturated heterocycles. The highest BCUT2D eigenvalue weighted by atomic mass is 32.1. The third-order valence-corrected chi connectivity index (χ3v) is 5.47. The van der Waals surface area contributed by atoms with Gasteiger partial charge in [0.1, 0.15) is 11.5 Å². The molecule has 0 fully saturated rings. The van der Waals surface area contributed by atoms with Crippen LogP contribution in [-0.4, -0.2) is 0 Å². The largest absolute Gasteiger partial charge is 0.455 e. The van der Waals surface area contributed by atoms with E-state index in [2.05, 4.69) is 86.0 Å². The van der Waals surface area contributed by atoms with Crippen LogP contribution in [-0.2, 0) is 0 Å². The number of benzene rings is 2. The summed E-state index contributed by atoms with van der Waals surface area (Å²) in [6, 6.07) is 21.2. The van der Waals surface area contributed by atoms with Crippen LogP contribution in [0, 0.1) is 6.92 Å². The summed E-state index contributed by atoms with van der Waals surface area (Å²) in [5.74, 6) is 2.10. The van der Waals surface area contributed by atoms with E-state index in [1.54, 1.807) is 11.3 Å². The van der Waals surface area contributed by atoms with E-state index in [0.717, 1.165) is 11.5 Å². The van der Waals surface area contributed by atoms with E-state index in [1.807, 2.05) is 6.07 Å². The Labute approximate surface area is 152 Å². The van der Waals surface area contributed by atoms with E-state index in [4.69, 9.17) is 4.74 Å². The van der Waals surface area contributed by atoms with Gasteiger partial charge in [0.2, 0.25) is 0 Å². The molecule has 2 heteroatoms. The SMILES string of the molecule is C/C=C/C1=C(c2cccs2)Oc2ccccc2C1c1ccccc1C. The second-order valence-electron chi connectivity index (χ2n) is 6.19. The van der Waals surface area contributed by atoms with Crippen LogP contribution in [0.5, 0.6) is 5.75 Å². The maximum atomic E-state index is 6.37. The van der Waals surface area contributed by atoms with E-state index in [-0.39, 0.29) is 5.92 Å². The summed E-state index contributed by atoms with van der Waals surface area (Å²) in [4.78, 5) is 1.17. The number of rotatable bonds is 3. The first-order valence-corrected chi connectivity index (χ1v) is 9.40. The molecule has 0 saturated carbocycles. The fourth-order valence-corrected chi connectivity index (χ4v) is 4.20. The van der Waals surface area contributed by atoms with E-state index in [0.29, 0.717) is 0 Å². The molecular formula is C23H20OS. The average molecular weight is 344 g/mol. The quantitative estimate of drug-likeness (QED) is 0.522. The molecule has 0 bridgehead atoms. The number of ether oxygens (including phenoxy) is 1. The minimum Gasteiger partial charge on any atom is -0.455 e. The topological polar surface area (TPSA) is 9.23 Å². The second kappa shape index (κ2) is 6.73. The standard InChI is InChI=1S/C23H20OS/c1-3-9-19-22(17-11-5-4-10-16(17)2)18-12-6-7-13-20(18)24-23(19)21-14-8-15-25-21/h3-15,22H,1-2H3/b9-3+. The lowest BCUT2D eigenvalue weighted by atomic mass is 9.80. The Hall–Kier alpha value is -2.58. The first-order chi connectivity index (χ1) is 12.3. The summed E-state index contributed by atoms with van der Waals surface area (Å²) in [7, 11) is 0. The van der Waals surface area contributed by atoms with Gasteiger partial charge < -0.3 is 4.74 Å². The van der Waals surface area contributed by atoms with E-state index < -0.39 is 0 Å². The van der Waals surface area contributed by atoms with Gasteiger partial charge in [-0.2, -0.15) is 0 Å². The molecule has 124 valence electrons. The molecule has 2 aromatic carbocycles. The van der Waals surface area contributed by atoms with Crippen molar-refractivity contribution in [1.29, 1.82) is 0 Å². The molecule has 4 rings (SSSR count). The van der Waals surface area contributed by atoms with Crippen molar-refractivity contribution < 1.29 is 4.74 Å². The Balaban J connectivity index is 2.01. The van der Waals surface area contributed by atoms with Crippen LogP contribution in [0.4, 0.5) is 0 Å². The molecule has 1 nitrogen and oxygen atoms in total. The number of hydrogen-bond donors (Lipinski definition) is 0. The smallest absolute Gasteiger partial charge is 0.148 e. The molecular weight excluding hydrogens is 324 g/mol. The normalized spacial score (nSPS) is 16.8. The molecule has 0 amide bonds. The maximum Gasteiger partial charge on any atom is 0.148 e. The zero-order valence-electron chi connectivity index (χ0n) is 14.4. The van der Waals surface area contributed by atoms with Crippen LogP contribution in [0.1, 0.15) is 34.4 Å². The van der Waals surface area contributed by atoms with Crippen molar-refractivity contribution >= 4 is 17.1 Å². The van der Waals surface area contributed by atoms with Crippen LogP contribution in [0.3, 0.4) is 0 Å². The number of aryl methyl sites for hydroxylation is 1. The van der Waals surface area contributed by atoms with Gasteiger partial charge in [-0.05, 0) is 42.5 Å². The predicted molar refractivity (Wildman–Crippen MR) is 106 cm³/mol. The van der Waals surface area contributed by atoms with E-state index in [9.17, 15) is 0 Å². The van der Waals surface area contributed by atoms with Gasteiger partial charge in [0.25, 0.3) is 0 Å². The molecule has 1 unspecified atom stereocenters. The van der Waals surface area contributed by atoms with Crippen LogP contribution in [0.15, 0.2) is 83.8 Å². The molecule has 1 aliphatic heterocycles. The number of allylic oxidation sites excluding steroid dienone is 3. The van der Waals surface area contributed by atoms with E-state index in [1.165, 1.54) is 27.1 Å². The summed E-state index contributed by atoms with van der Waals surface area (Å²) in [5, 5.41) is 2.10. The van der Waals surface area contributed by atoms with Gasteiger partial charge in [0, 0.05) is 17.1 Å². The first-order valence-electron chi connectivity index (χ1n) is 8.52. The molecule has 0 radical (unpaired) electrons. The average Bonchev–Trinajstić information content (AvgIpc) is 3.17. The van der Waals surface area contributed by atoms with Crippen molar-refractivity contribution in [2.24, 2.45) is 0 Å². The predicted octanol–water partition coefficient (Wildman–Crippen LogP) is 6.57. The van der Waals surface area contributed by atoms with Gasteiger partial charge in [-0.25, -0.2) is 0 Å². The summed E-state index contributed by atoms with van der Waals surface area (Å²) in [5.41, 5.74) is 5.08. The number of thiophene rings is 1. The molecule has 1 aromatic heterocycles. The summed E-state index contributed by atoms with van der Waals surface area (Å²) in [6.07, 6.45) is 4.30. The lowest BCUT2D eigenvalue weighted by Crippen LogP contribution is -2.15. The molecule has 25 heavy (non-hydrogen) atoms. The Morgan fingerprint density at radius 3 is 2.40 bits per heavy atom. The van der Waals surface area contributed by atoms with Gasteiger partial charge in [-0.1, -0.05) is 60.7 Å². The molecule has 0 aliphatic carbocycles. The number of para-hydroxylation sites is 1. The molecule has 0 N–H and O–H groups in total. The third kappa shape index (κ3) is 2.83. The molecule has 1 atom stereocenters. The Morgan fingerprint density at radius 1 is 0.920 bits per heavy atom. The van der Waals surface area contributed by atoms with Crippen molar-refractivity contribution in [2.45, 2.75) is 19.8 Å². The van der Waals surface area contributed by atoms with Crippen molar-refractivity contribution in [3.05, 3.63) is 105 Å². The maximum absolute atomic E-state index is 6.37. The molecule has 0 spiro atoms. The van der Waals surface area contributed by atoms with Gasteiger partial charge in [0.05, 0.1) is 4.88 Å². The minimum atomic E-state index is 0.180. The van der Waals surface area contributed by atoms with Crippen LogP contribution < -0.4 is 4.74 Å². The van der Waals surface area contributed by atoms with Crippen LogP contribution >= 0.6 is 11.3 Å². The zero-order valence-corrected chi connectivity index (χ0v) is 15.2. The van der Waals surface area contributed by atoms with Crippen molar-refractivity contribution in [2.75, 3.05) is 0 Å². The number of fused-ring (bicyclic) bond motifs is 1. The highest BCUT2D eigenvalue weighted by molar-refractivity contribution is 7.11. The number of hydrogen-bond acceptors (Lipinski definition) is 2. The van der Waals surface area contributed by atoms with E-state index >= 15 is 0 Å². The second-order valence-corrected chi connectivity index (χ2v) is 7.14. The van der Waals surface area contributed by atoms with Gasteiger partial charge in [-0.15, -0.1) is 11.3 Å². The lowest BCUT2D eigenvalue weighted by molar-refractivity contribution is 0.488. The minimum absolute atomic E-state index is 0.180. The fourth-order valence-electron chi connectivity index (χ4n) is 3.48. The van der Waals surface area contributed by atoms with Crippen LogP contribution in [0.2, 0.25) is 0 Å². The summed E-state index contributed by atoms with van der Waals surface area (Å²) in [6.45, 7) is 4.25. The van der Waals surface area contributed by atoms with Gasteiger partial charge in [-0.3, -0.25) is 0 Å². The lowest BCUT2D eigenvalue weighted by Gasteiger charge is -2.30. The molecule has 2 heterocycles. The third-order valence-electron chi connectivity index (χ3n) is 4.61. The van der Waals surface area contributed by atoms with Crippen molar-refractivity contribution in [3.8, 4) is 5.75 Å². The monoisotopic (exact) mass is 344 g/mol. The van der Waals surface area contributed by atoms with Gasteiger partial charge >= 0.3 is 0 Å². The zero-order chi connectivity index (χ0) is 17.2. The highest BCUT2D eigenvalue weighted by Crippen LogP contribution is 2.47. The molecule has 1 aliphatic rings. The van der Waals surface area contributed by atoms with Crippen molar-refractivity contribution in [3.63, 3.8) is 0 Å².